The van der Waals surface area contributed by atoms with Crippen LogP contribution < -0.4 is 5.32 Å². The van der Waals surface area contributed by atoms with E-state index in [0.29, 0.717) is 12.2 Å². The summed E-state index contributed by atoms with van der Waals surface area (Å²) in [5, 5.41) is 7.42. The van der Waals surface area contributed by atoms with Crippen molar-refractivity contribution in [3.63, 3.8) is 0 Å². The van der Waals surface area contributed by atoms with Gasteiger partial charge >= 0.3 is 0 Å². The normalized spacial score (nSPS) is 15.2. The first-order valence-corrected chi connectivity index (χ1v) is 6.97. The molecule has 0 spiro atoms. The van der Waals surface area contributed by atoms with E-state index >= 15 is 0 Å². The van der Waals surface area contributed by atoms with Gasteiger partial charge < -0.3 is 5.32 Å². The van der Waals surface area contributed by atoms with Crippen molar-refractivity contribution in [2.24, 2.45) is 5.92 Å². The number of nitrogens with zero attached hydrogens (tertiary/aromatic N) is 2. The van der Waals surface area contributed by atoms with E-state index in [1.165, 1.54) is 12.8 Å². The maximum absolute atomic E-state index is 12.1. The molecule has 4 nitrogen and oxygen atoms in total. The lowest BCUT2D eigenvalue weighted by molar-refractivity contribution is 0.0979. The lowest BCUT2D eigenvalue weighted by Crippen LogP contribution is -2.27. The van der Waals surface area contributed by atoms with Gasteiger partial charge in [0.1, 0.15) is 5.69 Å². The van der Waals surface area contributed by atoms with Gasteiger partial charge in [-0.05, 0) is 47.7 Å². The van der Waals surface area contributed by atoms with Gasteiger partial charge in [0.05, 0.1) is 17.2 Å². The van der Waals surface area contributed by atoms with Crippen LogP contribution in [0, 0.1) is 5.92 Å². The first-order chi connectivity index (χ1) is 8.22. The summed E-state index contributed by atoms with van der Waals surface area (Å²) in [5.74, 6) is 0.912. The summed E-state index contributed by atoms with van der Waals surface area (Å²) in [7, 11) is 0. The van der Waals surface area contributed by atoms with Crippen LogP contribution >= 0.6 is 15.9 Å². The molecular formula is C12H18BrN3O. The highest BCUT2D eigenvalue weighted by Gasteiger charge is 2.22. The summed E-state index contributed by atoms with van der Waals surface area (Å²) in [6.07, 6.45) is 5.28. The molecule has 2 rings (SSSR count). The minimum Gasteiger partial charge on any atom is -0.309 e. The van der Waals surface area contributed by atoms with Gasteiger partial charge in [-0.2, -0.15) is 5.10 Å². The average Bonchev–Trinajstić information content (AvgIpc) is 3.04. The number of hydrogen-bond donors (Lipinski definition) is 1. The number of ketones is 1. The topological polar surface area (TPSA) is 46.9 Å². The first kappa shape index (κ1) is 12.8. The second-order valence-electron chi connectivity index (χ2n) is 4.56. The van der Waals surface area contributed by atoms with E-state index in [4.69, 9.17) is 0 Å². The molecule has 94 valence electrons. The van der Waals surface area contributed by atoms with Crippen LogP contribution in [0.3, 0.4) is 0 Å². The first-order valence-electron chi connectivity index (χ1n) is 6.17. The Morgan fingerprint density at radius 1 is 1.65 bits per heavy atom. The molecule has 0 unspecified atom stereocenters. The molecule has 1 aromatic rings. The molecule has 1 aliphatic rings. The zero-order valence-electron chi connectivity index (χ0n) is 10.1. The zero-order valence-corrected chi connectivity index (χ0v) is 11.7. The van der Waals surface area contributed by atoms with E-state index in [-0.39, 0.29) is 5.78 Å². The van der Waals surface area contributed by atoms with Crippen molar-refractivity contribution in [1.29, 1.82) is 0 Å². The minimum atomic E-state index is 0.114. The van der Waals surface area contributed by atoms with E-state index < -0.39 is 0 Å². The molecule has 1 aliphatic carbocycles. The average molecular weight is 300 g/mol. The monoisotopic (exact) mass is 299 g/mol. The quantitative estimate of drug-likeness (QED) is 0.786. The molecule has 1 heterocycles. The SMILES string of the molecule is CCCn1ncc(Br)c1C(=O)CNCC1CC1. The van der Waals surface area contributed by atoms with Gasteiger partial charge in [0.25, 0.3) is 0 Å². The van der Waals surface area contributed by atoms with Crippen molar-refractivity contribution < 1.29 is 4.79 Å². The Hall–Kier alpha value is -0.680. The van der Waals surface area contributed by atoms with Crippen molar-refractivity contribution in [3.8, 4) is 0 Å². The third kappa shape index (κ3) is 3.39. The Labute approximate surface area is 110 Å². The molecule has 5 heteroatoms. The van der Waals surface area contributed by atoms with Crippen molar-refractivity contribution in [2.45, 2.75) is 32.7 Å². The predicted molar refractivity (Wildman–Crippen MR) is 70.1 cm³/mol. The molecule has 0 saturated heterocycles. The van der Waals surface area contributed by atoms with Crippen LogP contribution in [0.4, 0.5) is 0 Å². The minimum absolute atomic E-state index is 0.114. The Kier molecular flexibility index (Phi) is 4.34. The van der Waals surface area contributed by atoms with Gasteiger partial charge in [-0.3, -0.25) is 9.48 Å². The number of carbonyl (C=O) groups excluding carboxylic acids is 1. The van der Waals surface area contributed by atoms with Crippen LogP contribution in [0.25, 0.3) is 0 Å². The summed E-state index contributed by atoms with van der Waals surface area (Å²) < 4.78 is 2.58. The van der Waals surface area contributed by atoms with Gasteiger partial charge in [-0.25, -0.2) is 0 Å². The standard InChI is InChI=1S/C12H18BrN3O/c1-2-5-16-12(10(13)7-15-16)11(17)8-14-6-9-3-4-9/h7,9,14H,2-6,8H2,1H3. The lowest BCUT2D eigenvalue weighted by Gasteiger charge is -2.07. The van der Waals surface area contributed by atoms with Gasteiger partial charge in [-0.1, -0.05) is 6.92 Å². The number of Topliss-reactive ketones (excluding diaryl/α,β-unsaturated/α-hetero) is 1. The highest BCUT2D eigenvalue weighted by atomic mass is 79.9. The fraction of sp³-hybridized carbons (Fsp3) is 0.667. The van der Waals surface area contributed by atoms with E-state index in [9.17, 15) is 4.79 Å². The molecule has 0 atom stereocenters. The van der Waals surface area contributed by atoms with Crippen LogP contribution in [-0.4, -0.2) is 28.7 Å². The lowest BCUT2D eigenvalue weighted by atomic mass is 10.2. The summed E-state index contributed by atoms with van der Waals surface area (Å²) in [6.45, 7) is 4.24. The smallest absolute Gasteiger partial charge is 0.195 e. The molecule has 1 aromatic heterocycles. The molecule has 0 radical (unpaired) electrons. The van der Waals surface area contributed by atoms with Crippen molar-refractivity contribution >= 4 is 21.7 Å². The highest BCUT2D eigenvalue weighted by molar-refractivity contribution is 9.10. The third-order valence-electron chi connectivity index (χ3n) is 2.91. The van der Waals surface area contributed by atoms with Crippen molar-refractivity contribution in [1.82, 2.24) is 15.1 Å². The number of rotatable bonds is 7. The fourth-order valence-electron chi connectivity index (χ4n) is 1.82. The van der Waals surface area contributed by atoms with Crippen LogP contribution in [0.5, 0.6) is 0 Å². The van der Waals surface area contributed by atoms with Crippen molar-refractivity contribution in [3.05, 3.63) is 16.4 Å². The Bertz CT molecular complexity index is 398. The molecule has 0 amide bonds. The van der Waals surface area contributed by atoms with Crippen LogP contribution in [-0.2, 0) is 6.54 Å². The fourth-order valence-corrected chi connectivity index (χ4v) is 2.33. The summed E-state index contributed by atoms with van der Waals surface area (Å²) in [4.78, 5) is 12.1. The third-order valence-corrected chi connectivity index (χ3v) is 3.49. The molecule has 0 aliphatic heterocycles. The number of nitrogens with one attached hydrogen (secondary N) is 1. The van der Waals surface area contributed by atoms with E-state index in [2.05, 4.69) is 33.3 Å². The van der Waals surface area contributed by atoms with Crippen LogP contribution in [0.1, 0.15) is 36.7 Å². The number of aryl methyl sites for hydroxylation is 1. The highest BCUT2D eigenvalue weighted by Crippen LogP contribution is 2.27. The molecule has 1 N–H and O–H groups in total. The summed E-state index contributed by atoms with van der Waals surface area (Å²) in [6, 6.07) is 0. The predicted octanol–water partition coefficient (Wildman–Crippen LogP) is 2.24. The summed E-state index contributed by atoms with van der Waals surface area (Å²) >= 11 is 3.39. The zero-order chi connectivity index (χ0) is 12.3. The molecule has 0 aromatic carbocycles. The number of hydrogen-bond acceptors (Lipinski definition) is 3. The molecule has 17 heavy (non-hydrogen) atoms. The van der Waals surface area contributed by atoms with Crippen LogP contribution in [0.2, 0.25) is 0 Å². The molecule has 1 saturated carbocycles. The van der Waals surface area contributed by atoms with Gasteiger partial charge in [0.15, 0.2) is 5.78 Å². The second kappa shape index (κ2) is 5.78. The second-order valence-corrected chi connectivity index (χ2v) is 5.42. The van der Waals surface area contributed by atoms with Gasteiger partial charge in [0, 0.05) is 6.54 Å². The molecule has 1 fully saturated rings. The van der Waals surface area contributed by atoms with E-state index in [1.807, 2.05) is 0 Å². The van der Waals surface area contributed by atoms with Gasteiger partial charge in [-0.15, -0.1) is 0 Å². The Morgan fingerprint density at radius 2 is 2.41 bits per heavy atom. The number of carbonyl (C=O) groups is 1. The Balaban J connectivity index is 1.93. The maximum Gasteiger partial charge on any atom is 0.195 e. The molecule has 0 bridgehead atoms. The number of halogens is 1. The maximum atomic E-state index is 12.1. The molecular weight excluding hydrogens is 282 g/mol. The van der Waals surface area contributed by atoms with E-state index in [0.717, 1.165) is 29.9 Å². The number of aromatic nitrogens is 2. The van der Waals surface area contributed by atoms with Gasteiger partial charge in [0.2, 0.25) is 0 Å². The Morgan fingerprint density at radius 3 is 3.06 bits per heavy atom. The largest absolute Gasteiger partial charge is 0.309 e. The van der Waals surface area contributed by atoms with Crippen molar-refractivity contribution in [2.75, 3.05) is 13.1 Å². The summed E-state index contributed by atoms with van der Waals surface area (Å²) in [5.41, 5.74) is 0.690. The van der Waals surface area contributed by atoms with Crippen LogP contribution in [0.15, 0.2) is 10.7 Å². The van der Waals surface area contributed by atoms with E-state index in [1.54, 1.807) is 10.9 Å².